The molecule has 0 saturated heterocycles. The van der Waals surface area contributed by atoms with Crippen LogP contribution in [-0.2, 0) is 14.6 Å². The third kappa shape index (κ3) is 1.76. The molecule has 1 heterocycles. The Bertz CT molecular complexity index is 626. The Labute approximate surface area is 99.5 Å². The van der Waals surface area contributed by atoms with Gasteiger partial charge < -0.3 is 5.11 Å². The Kier molecular flexibility index (Phi) is 2.58. The molecule has 0 spiro atoms. The van der Waals surface area contributed by atoms with E-state index in [2.05, 4.69) is 0 Å². The van der Waals surface area contributed by atoms with E-state index in [1.54, 1.807) is 25.1 Å². The second-order valence-electron chi connectivity index (χ2n) is 4.13. The van der Waals surface area contributed by atoms with Gasteiger partial charge in [-0.2, -0.15) is 0 Å². The van der Waals surface area contributed by atoms with Crippen molar-refractivity contribution in [3.8, 4) is 0 Å². The van der Waals surface area contributed by atoms with Crippen LogP contribution in [0.15, 0.2) is 28.5 Å². The lowest BCUT2D eigenvalue weighted by Crippen LogP contribution is -2.11. The minimum absolute atomic E-state index is 0.146. The van der Waals surface area contributed by atoms with Gasteiger partial charge in [-0.1, -0.05) is 18.2 Å². The summed E-state index contributed by atoms with van der Waals surface area (Å²) >= 11 is 0. The summed E-state index contributed by atoms with van der Waals surface area (Å²) in [6, 6.07) is 4.94. The summed E-state index contributed by atoms with van der Waals surface area (Å²) in [7, 11) is -3.49. The first-order valence-corrected chi connectivity index (χ1v) is 6.68. The zero-order valence-electron chi connectivity index (χ0n) is 9.47. The lowest BCUT2D eigenvalue weighted by atomic mass is 9.97. The number of aliphatic carboxylic acids is 1. The molecule has 4 nitrogen and oxygen atoms in total. The van der Waals surface area contributed by atoms with E-state index in [-0.39, 0.29) is 4.90 Å². The molecular formula is C12H12O4S. The van der Waals surface area contributed by atoms with Crippen molar-refractivity contribution in [3.05, 3.63) is 34.7 Å². The number of hydrogen-bond donors (Lipinski definition) is 1. The molecule has 0 bridgehead atoms. The number of hydrogen-bond acceptors (Lipinski definition) is 3. The molecule has 0 amide bonds. The molecule has 17 heavy (non-hydrogen) atoms. The first-order chi connectivity index (χ1) is 7.84. The molecule has 1 aliphatic rings. The van der Waals surface area contributed by atoms with Crippen molar-refractivity contribution < 1.29 is 18.3 Å². The highest BCUT2D eigenvalue weighted by Crippen LogP contribution is 2.38. The molecule has 0 aromatic heterocycles. The van der Waals surface area contributed by atoms with Gasteiger partial charge in [-0.15, -0.1) is 0 Å². The van der Waals surface area contributed by atoms with E-state index < -0.39 is 21.7 Å². The van der Waals surface area contributed by atoms with E-state index >= 15 is 0 Å². The van der Waals surface area contributed by atoms with Crippen LogP contribution in [-0.4, -0.2) is 19.5 Å². The fraction of sp³-hybridized carbons (Fsp3) is 0.250. The van der Waals surface area contributed by atoms with Gasteiger partial charge in [0.05, 0.1) is 10.8 Å². The van der Waals surface area contributed by atoms with Gasteiger partial charge in [-0.05, 0) is 30.5 Å². The van der Waals surface area contributed by atoms with Crippen molar-refractivity contribution in [1.82, 2.24) is 0 Å². The molecule has 2 rings (SSSR count). The number of sulfone groups is 1. The second kappa shape index (κ2) is 3.70. The molecule has 0 fully saturated rings. The maximum Gasteiger partial charge on any atom is 0.310 e. The van der Waals surface area contributed by atoms with E-state index in [4.69, 9.17) is 5.11 Å². The number of fused-ring (bicyclic) bond motifs is 1. The van der Waals surface area contributed by atoms with Crippen LogP contribution in [0.2, 0.25) is 0 Å². The van der Waals surface area contributed by atoms with Crippen molar-refractivity contribution in [2.45, 2.75) is 24.7 Å². The topological polar surface area (TPSA) is 71.4 Å². The maximum absolute atomic E-state index is 11.9. The zero-order chi connectivity index (χ0) is 12.8. The van der Waals surface area contributed by atoms with Crippen LogP contribution in [0.3, 0.4) is 0 Å². The van der Waals surface area contributed by atoms with Crippen LogP contribution in [0.4, 0.5) is 0 Å². The minimum atomic E-state index is -3.49. The number of carboxylic acids is 1. The summed E-state index contributed by atoms with van der Waals surface area (Å²) in [5.74, 6) is -1.86. The molecule has 1 atom stereocenters. The van der Waals surface area contributed by atoms with Crippen molar-refractivity contribution in [1.29, 1.82) is 0 Å². The number of carboxylic acid groups (broad SMARTS) is 1. The third-order valence-electron chi connectivity index (χ3n) is 2.92. The first-order valence-electron chi connectivity index (χ1n) is 5.14. The number of carbonyl (C=O) groups is 1. The van der Waals surface area contributed by atoms with E-state index in [1.807, 2.05) is 0 Å². The Hall–Kier alpha value is -1.62. The molecule has 1 unspecified atom stereocenters. The van der Waals surface area contributed by atoms with Crippen LogP contribution >= 0.6 is 0 Å². The summed E-state index contributed by atoms with van der Waals surface area (Å²) < 4.78 is 23.9. The summed E-state index contributed by atoms with van der Waals surface area (Å²) in [4.78, 5) is 11.1. The van der Waals surface area contributed by atoms with E-state index in [9.17, 15) is 13.2 Å². The van der Waals surface area contributed by atoms with Crippen LogP contribution < -0.4 is 0 Å². The fourth-order valence-corrected chi connectivity index (χ4v) is 3.83. The minimum Gasteiger partial charge on any atom is -0.481 e. The van der Waals surface area contributed by atoms with Crippen LogP contribution in [0.1, 0.15) is 30.9 Å². The Morgan fingerprint density at radius 1 is 1.35 bits per heavy atom. The highest BCUT2D eigenvalue weighted by molar-refractivity contribution is 7.95. The molecule has 0 aliphatic carbocycles. The van der Waals surface area contributed by atoms with Gasteiger partial charge in [-0.25, -0.2) is 8.42 Å². The Morgan fingerprint density at radius 3 is 2.59 bits per heavy atom. The second-order valence-corrected chi connectivity index (χ2v) is 5.86. The van der Waals surface area contributed by atoms with Gasteiger partial charge in [-0.3, -0.25) is 4.79 Å². The third-order valence-corrected chi connectivity index (χ3v) is 4.61. The molecule has 1 aliphatic heterocycles. The molecule has 5 heteroatoms. The lowest BCUT2D eigenvalue weighted by molar-refractivity contribution is -0.138. The molecular weight excluding hydrogens is 240 g/mol. The average molecular weight is 252 g/mol. The average Bonchev–Trinajstić information content (AvgIpc) is 2.48. The van der Waals surface area contributed by atoms with Crippen molar-refractivity contribution in [2.75, 3.05) is 0 Å². The van der Waals surface area contributed by atoms with E-state index in [0.29, 0.717) is 16.7 Å². The highest BCUT2D eigenvalue weighted by atomic mass is 32.2. The summed E-state index contributed by atoms with van der Waals surface area (Å²) in [6.45, 7) is 3.19. The van der Waals surface area contributed by atoms with Gasteiger partial charge in [0.25, 0.3) is 0 Å². The summed E-state index contributed by atoms with van der Waals surface area (Å²) in [6.07, 6.45) is 0. The summed E-state index contributed by atoms with van der Waals surface area (Å²) in [5.41, 5.74) is 1.61. The first kappa shape index (κ1) is 11.9. The van der Waals surface area contributed by atoms with Gasteiger partial charge in [0.1, 0.15) is 0 Å². The molecule has 1 aromatic rings. The molecule has 0 radical (unpaired) electrons. The van der Waals surface area contributed by atoms with Gasteiger partial charge in [0.2, 0.25) is 9.84 Å². The maximum atomic E-state index is 11.9. The van der Waals surface area contributed by atoms with Gasteiger partial charge >= 0.3 is 5.97 Å². The van der Waals surface area contributed by atoms with Crippen LogP contribution in [0.5, 0.6) is 0 Å². The number of allylic oxidation sites excluding steroid dienone is 1. The predicted molar refractivity (Wildman–Crippen MR) is 63.3 cm³/mol. The predicted octanol–water partition coefficient (Wildman–Crippen LogP) is 2.02. The molecule has 1 N–H and O–H groups in total. The zero-order valence-corrected chi connectivity index (χ0v) is 10.3. The number of benzene rings is 1. The number of rotatable bonds is 2. The monoisotopic (exact) mass is 252 g/mol. The molecule has 90 valence electrons. The highest BCUT2D eigenvalue weighted by Gasteiger charge is 2.31. The Morgan fingerprint density at radius 2 is 2.00 bits per heavy atom. The van der Waals surface area contributed by atoms with Crippen molar-refractivity contribution in [3.63, 3.8) is 0 Å². The quantitative estimate of drug-likeness (QED) is 0.874. The smallest absolute Gasteiger partial charge is 0.310 e. The fourth-order valence-electron chi connectivity index (χ4n) is 2.01. The van der Waals surface area contributed by atoms with Crippen LogP contribution in [0, 0.1) is 0 Å². The lowest BCUT2D eigenvalue weighted by Gasteiger charge is -2.12. The Balaban J connectivity index is 2.74. The van der Waals surface area contributed by atoms with Gasteiger partial charge in [0.15, 0.2) is 0 Å². The summed E-state index contributed by atoms with van der Waals surface area (Å²) in [5, 5.41) is 10.2. The molecule has 1 aromatic carbocycles. The largest absolute Gasteiger partial charge is 0.481 e. The van der Waals surface area contributed by atoms with Crippen molar-refractivity contribution in [2.24, 2.45) is 0 Å². The SMILES string of the molecule is CC1=CS(=O)(=O)c2c1cccc2C(C)C(=O)O. The van der Waals surface area contributed by atoms with Crippen LogP contribution in [0.25, 0.3) is 5.57 Å². The molecule has 0 saturated carbocycles. The van der Waals surface area contributed by atoms with Gasteiger partial charge in [0, 0.05) is 5.41 Å². The van der Waals surface area contributed by atoms with Crippen molar-refractivity contribution >= 4 is 21.4 Å². The standard InChI is InChI=1S/C12H12O4S/c1-7-6-17(15,16)11-9(7)4-3-5-10(11)8(2)12(13)14/h3-6,8H,1-2H3,(H,13,14). The van der Waals surface area contributed by atoms with E-state index in [1.165, 1.54) is 12.3 Å². The normalized spacial score (nSPS) is 18.4. The van der Waals surface area contributed by atoms with E-state index in [0.717, 1.165) is 0 Å².